The van der Waals surface area contributed by atoms with Gasteiger partial charge in [0.1, 0.15) is 5.56 Å². The zero-order chi connectivity index (χ0) is 17.3. The number of aromatic nitrogens is 2. The molecule has 6 heteroatoms. The predicted molar refractivity (Wildman–Crippen MR) is 90.0 cm³/mol. The SMILES string of the molecule is CCc1n[nH]c(=O)c(C(=O)N[C@@H]2c3ccccc3C[C@@H]2O)c1CC. The van der Waals surface area contributed by atoms with Crippen LogP contribution in [0.2, 0.25) is 0 Å². The molecule has 1 aromatic heterocycles. The molecule has 1 amide bonds. The van der Waals surface area contributed by atoms with E-state index < -0.39 is 23.6 Å². The fourth-order valence-corrected chi connectivity index (χ4v) is 3.40. The van der Waals surface area contributed by atoms with E-state index in [1.165, 1.54) is 0 Å². The van der Waals surface area contributed by atoms with E-state index in [1.54, 1.807) is 0 Å². The minimum Gasteiger partial charge on any atom is -0.390 e. The number of fused-ring (bicyclic) bond motifs is 1. The van der Waals surface area contributed by atoms with Crippen molar-refractivity contribution < 1.29 is 9.90 Å². The molecule has 6 nitrogen and oxygen atoms in total. The highest BCUT2D eigenvalue weighted by Crippen LogP contribution is 2.31. The van der Waals surface area contributed by atoms with Crippen LogP contribution in [0.1, 0.15) is 52.6 Å². The zero-order valence-electron chi connectivity index (χ0n) is 13.8. The molecule has 2 atom stereocenters. The summed E-state index contributed by atoms with van der Waals surface area (Å²) >= 11 is 0. The van der Waals surface area contributed by atoms with Crippen LogP contribution in [0.15, 0.2) is 29.1 Å². The molecular formula is C18H21N3O3. The Morgan fingerprint density at radius 1 is 1.33 bits per heavy atom. The van der Waals surface area contributed by atoms with Crippen molar-refractivity contribution in [3.05, 3.63) is 62.6 Å². The van der Waals surface area contributed by atoms with Crippen LogP contribution in [0.5, 0.6) is 0 Å². The van der Waals surface area contributed by atoms with Crippen LogP contribution in [0.3, 0.4) is 0 Å². The van der Waals surface area contributed by atoms with Crippen molar-refractivity contribution in [2.24, 2.45) is 0 Å². The number of carbonyl (C=O) groups excluding carboxylic acids is 1. The maximum atomic E-state index is 12.8. The van der Waals surface area contributed by atoms with Gasteiger partial charge >= 0.3 is 0 Å². The molecule has 0 unspecified atom stereocenters. The second-order valence-electron chi connectivity index (χ2n) is 5.98. The van der Waals surface area contributed by atoms with E-state index >= 15 is 0 Å². The molecule has 1 aliphatic rings. The highest BCUT2D eigenvalue weighted by Gasteiger charge is 2.33. The third kappa shape index (κ3) is 2.73. The summed E-state index contributed by atoms with van der Waals surface area (Å²) in [6.45, 7) is 3.82. The van der Waals surface area contributed by atoms with Gasteiger partial charge in [-0.15, -0.1) is 0 Å². The van der Waals surface area contributed by atoms with Crippen molar-refractivity contribution in [2.45, 2.75) is 45.3 Å². The van der Waals surface area contributed by atoms with Gasteiger partial charge in [0.25, 0.3) is 11.5 Å². The molecule has 0 saturated heterocycles. The van der Waals surface area contributed by atoms with E-state index in [9.17, 15) is 14.7 Å². The fourth-order valence-electron chi connectivity index (χ4n) is 3.40. The van der Waals surface area contributed by atoms with Gasteiger partial charge in [-0.2, -0.15) is 5.10 Å². The van der Waals surface area contributed by atoms with E-state index in [4.69, 9.17) is 0 Å². The molecule has 126 valence electrons. The largest absolute Gasteiger partial charge is 0.390 e. The van der Waals surface area contributed by atoms with Gasteiger partial charge in [-0.25, -0.2) is 5.10 Å². The van der Waals surface area contributed by atoms with Crippen molar-refractivity contribution in [2.75, 3.05) is 0 Å². The van der Waals surface area contributed by atoms with Crippen LogP contribution in [0, 0.1) is 0 Å². The number of aliphatic hydroxyl groups excluding tert-OH is 1. The average Bonchev–Trinajstić information content (AvgIpc) is 2.90. The Kier molecular flexibility index (Phi) is 4.49. The van der Waals surface area contributed by atoms with Crippen LogP contribution in [0.25, 0.3) is 0 Å². The maximum absolute atomic E-state index is 12.8. The number of amides is 1. The summed E-state index contributed by atoms with van der Waals surface area (Å²) in [6, 6.07) is 7.12. The first-order valence-corrected chi connectivity index (χ1v) is 8.23. The van der Waals surface area contributed by atoms with Crippen LogP contribution in [0.4, 0.5) is 0 Å². The molecule has 3 N–H and O–H groups in total. The number of hydrogen-bond acceptors (Lipinski definition) is 4. The lowest BCUT2D eigenvalue weighted by Gasteiger charge is -2.19. The number of aryl methyl sites for hydroxylation is 1. The Labute approximate surface area is 139 Å². The van der Waals surface area contributed by atoms with Crippen LogP contribution in [-0.2, 0) is 19.3 Å². The standard InChI is InChI=1S/C18H21N3O3/c1-3-11-13(4-2)20-21-18(24)15(11)17(23)19-16-12-8-6-5-7-10(12)9-14(16)22/h5-8,14,16,22H,3-4,9H2,1-2H3,(H,19,23)(H,21,24)/t14-,16+/m0/s1. The molecule has 24 heavy (non-hydrogen) atoms. The number of nitrogens with zero attached hydrogens (tertiary/aromatic N) is 1. The van der Waals surface area contributed by atoms with Gasteiger partial charge in [-0.05, 0) is 29.5 Å². The smallest absolute Gasteiger partial charge is 0.277 e. The van der Waals surface area contributed by atoms with Crippen molar-refractivity contribution in [1.29, 1.82) is 0 Å². The summed E-state index contributed by atoms with van der Waals surface area (Å²) in [4.78, 5) is 24.9. The summed E-state index contributed by atoms with van der Waals surface area (Å²) in [5.41, 5.74) is 2.90. The van der Waals surface area contributed by atoms with Crippen LogP contribution >= 0.6 is 0 Å². The lowest BCUT2D eigenvalue weighted by atomic mass is 10.0. The van der Waals surface area contributed by atoms with Crippen molar-refractivity contribution in [3.8, 4) is 0 Å². The number of rotatable bonds is 4. The third-order valence-corrected chi connectivity index (χ3v) is 4.58. The normalized spacial score (nSPS) is 19.1. The van der Waals surface area contributed by atoms with Gasteiger partial charge < -0.3 is 10.4 Å². The molecule has 1 heterocycles. The lowest BCUT2D eigenvalue weighted by molar-refractivity contribution is 0.0855. The summed E-state index contributed by atoms with van der Waals surface area (Å²) in [5.74, 6) is -0.467. The van der Waals surface area contributed by atoms with Crippen molar-refractivity contribution in [1.82, 2.24) is 15.5 Å². The maximum Gasteiger partial charge on any atom is 0.277 e. The summed E-state index contributed by atoms with van der Waals surface area (Å²) in [7, 11) is 0. The second kappa shape index (κ2) is 6.57. The van der Waals surface area contributed by atoms with Crippen molar-refractivity contribution >= 4 is 5.91 Å². The molecular weight excluding hydrogens is 306 g/mol. The first-order valence-electron chi connectivity index (χ1n) is 8.23. The van der Waals surface area contributed by atoms with Crippen molar-refractivity contribution in [3.63, 3.8) is 0 Å². The number of nitrogens with one attached hydrogen (secondary N) is 2. The molecule has 0 aliphatic heterocycles. The Balaban J connectivity index is 1.96. The van der Waals surface area contributed by atoms with E-state index in [0.717, 1.165) is 16.8 Å². The van der Waals surface area contributed by atoms with Gasteiger partial charge in [-0.1, -0.05) is 38.1 Å². The highest BCUT2D eigenvalue weighted by atomic mass is 16.3. The molecule has 0 fully saturated rings. The second-order valence-corrected chi connectivity index (χ2v) is 5.98. The zero-order valence-corrected chi connectivity index (χ0v) is 13.8. The van der Waals surface area contributed by atoms with Crippen LogP contribution in [-0.4, -0.2) is 27.3 Å². The summed E-state index contributed by atoms with van der Waals surface area (Å²) in [6.07, 6.45) is 0.985. The molecule has 3 rings (SSSR count). The van der Waals surface area contributed by atoms with E-state index in [2.05, 4.69) is 15.5 Å². The quantitative estimate of drug-likeness (QED) is 0.788. The van der Waals surface area contributed by atoms with Gasteiger partial charge in [-0.3, -0.25) is 9.59 Å². The molecule has 1 aromatic carbocycles. The molecule has 0 bridgehead atoms. The monoisotopic (exact) mass is 327 g/mol. The summed E-state index contributed by atoms with van der Waals surface area (Å²) in [5, 5.41) is 19.5. The number of aliphatic hydroxyl groups is 1. The molecule has 0 radical (unpaired) electrons. The summed E-state index contributed by atoms with van der Waals surface area (Å²) < 4.78 is 0. The first kappa shape index (κ1) is 16.4. The fraction of sp³-hybridized carbons (Fsp3) is 0.389. The molecule has 0 spiro atoms. The number of hydrogen-bond donors (Lipinski definition) is 3. The predicted octanol–water partition coefficient (Wildman–Crippen LogP) is 1.28. The topological polar surface area (TPSA) is 95.1 Å². The Morgan fingerprint density at radius 3 is 2.79 bits per heavy atom. The molecule has 1 aliphatic carbocycles. The minimum atomic E-state index is -0.692. The Morgan fingerprint density at radius 2 is 2.08 bits per heavy atom. The molecule has 2 aromatic rings. The third-order valence-electron chi connectivity index (χ3n) is 4.58. The Hall–Kier alpha value is -2.47. The highest BCUT2D eigenvalue weighted by molar-refractivity contribution is 5.95. The van der Waals surface area contributed by atoms with Crippen LogP contribution < -0.4 is 10.9 Å². The van der Waals surface area contributed by atoms with E-state index in [-0.39, 0.29) is 5.56 Å². The number of benzene rings is 1. The first-order chi connectivity index (χ1) is 11.6. The number of aromatic amines is 1. The van der Waals surface area contributed by atoms with Gasteiger partial charge in [0.15, 0.2) is 0 Å². The van der Waals surface area contributed by atoms with Gasteiger partial charge in [0.2, 0.25) is 0 Å². The molecule has 0 saturated carbocycles. The number of carbonyl (C=O) groups is 1. The van der Waals surface area contributed by atoms with E-state index in [1.807, 2.05) is 38.1 Å². The lowest BCUT2D eigenvalue weighted by Crippen LogP contribution is -2.38. The van der Waals surface area contributed by atoms with Gasteiger partial charge in [0.05, 0.1) is 17.8 Å². The van der Waals surface area contributed by atoms with Gasteiger partial charge in [0, 0.05) is 6.42 Å². The number of H-pyrrole nitrogens is 1. The average molecular weight is 327 g/mol. The van der Waals surface area contributed by atoms with E-state index in [0.29, 0.717) is 24.8 Å². The Bertz CT molecular complexity index is 828. The minimum absolute atomic E-state index is 0.0981.